The molecule has 1 unspecified atom stereocenters. The fourth-order valence-electron chi connectivity index (χ4n) is 2.08. The molecule has 1 aromatic heterocycles. The minimum absolute atomic E-state index is 0. The predicted molar refractivity (Wildman–Crippen MR) is 81.3 cm³/mol. The van der Waals surface area contributed by atoms with E-state index in [0.29, 0.717) is 6.54 Å². The van der Waals surface area contributed by atoms with Crippen LogP contribution in [0.3, 0.4) is 0 Å². The zero-order chi connectivity index (χ0) is 12.3. The highest BCUT2D eigenvalue weighted by Gasteiger charge is 2.34. The molecule has 0 aliphatic carbocycles. The van der Waals surface area contributed by atoms with Crippen molar-refractivity contribution >= 4 is 45.6 Å². The Hall–Kier alpha value is -0.100. The highest BCUT2D eigenvalue weighted by molar-refractivity contribution is 9.10. The van der Waals surface area contributed by atoms with Crippen LogP contribution in [-0.4, -0.2) is 19.0 Å². The van der Waals surface area contributed by atoms with Crippen molar-refractivity contribution in [3.8, 4) is 0 Å². The van der Waals surface area contributed by atoms with Gasteiger partial charge >= 0.3 is 0 Å². The van der Waals surface area contributed by atoms with Crippen molar-refractivity contribution in [2.45, 2.75) is 26.3 Å². The van der Waals surface area contributed by atoms with Crippen LogP contribution in [0.4, 0.5) is 0 Å². The maximum atomic E-state index is 12.1. The van der Waals surface area contributed by atoms with Crippen LogP contribution < -0.4 is 10.6 Å². The molecule has 1 aromatic rings. The molecule has 2 heterocycles. The van der Waals surface area contributed by atoms with Crippen molar-refractivity contribution in [1.29, 1.82) is 0 Å². The SMILES string of the molecule is CC1(C(=O)NCc2cc(Br)cs2)CCCNC1.Cl. The van der Waals surface area contributed by atoms with Gasteiger partial charge in [-0.2, -0.15) is 0 Å². The minimum Gasteiger partial charge on any atom is -0.351 e. The van der Waals surface area contributed by atoms with Gasteiger partial charge in [0, 0.05) is 21.3 Å². The number of carbonyl (C=O) groups is 1. The van der Waals surface area contributed by atoms with Crippen LogP contribution in [0.25, 0.3) is 0 Å². The van der Waals surface area contributed by atoms with E-state index in [1.165, 1.54) is 4.88 Å². The number of hydrogen-bond acceptors (Lipinski definition) is 3. The Kier molecular flexibility index (Phi) is 6.11. The lowest BCUT2D eigenvalue weighted by molar-refractivity contribution is -0.131. The first kappa shape index (κ1) is 16.0. The zero-order valence-electron chi connectivity index (χ0n) is 10.3. The van der Waals surface area contributed by atoms with E-state index in [2.05, 4.69) is 26.6 Å². The van der Waals surface area contributed by atoms with Crippen molar-refractivity contribution in [3.63, 3.8) is 0 Å². The van der Waals surface area contributed by atoms with E-state index in [9.17, 15) is 4.79 Å². The van der Waals surface area contributed by atoms with E-state index in [1.807, 2.05) is 18.4 Å². The van der Waals surface area contributed by atoms with Crippen molar-refractivity contribution in [1.82, 2.24) is 10.6 Å². The fraction of sp³-hybridized carbons (Fsp3) is 0.583. The summed E-state index contributed by atoms with van der Waals surface area (Å²) < 4.78 is 1.08. The van der Waals surface area contributed by atoms with E-state index in [0.717, 1.165) is 30.4 Å². The molecule has 1 aliphatic heterocycles. The van der Waals surface area contributed by atoms with Crippen LogP contribution in [-0.2, 0) is 11.3 Å². The first-order chi connectivity index (χ1) is 8.10. The lowest BCUT2D eigenvalue weighted by Crippen LogP contribution is -2.48. The molecule has 0 bridgehead atoms. The maximum absolute atomic E-state index is 12.1. The van der Waals surface area contributed by atoms with E-state index >= 15 is 0 Å². The number of halogens is 2. The smallest absolute Gasteiger partial charge is 0.227 e. The van der Waals surface area contributed by atoms with Gasteiger partial charge in [-0.1, -0.05) is 0 Å². The molecule has 3 nitrogen and oxygen atoms in total. The van der Waals surface area contributed by atoms with Gasteiger partial charge in [0.1, 0.15) is 0 Å². The number of amides is 1. The average molecular weight is 354 g/mol. The Balaban J connectivity index is 0.00000162. The second kappa shape index (κ2) is 6.89. The number of piperidine rings is 1. The molecule has 1 aliphatic rings. The number of hydrogen-bond donors (Lipinski definition) is 2. The summed E-state index contributed by atoms with van der Waals surface area (Å²) >= 11 is 5.07. The Morgan fingerprint density at radius 1 is 1.67 bits per heavy atom. The van der Waals surface area contributed by atoms with Crippen molar-refractivity contribution in [3.05, 3.63) is 20.8 Å². The van der Waals surface area contributed by atoms with Crippen LogP contribution in [0.1, 0.15) is 24.6 Å². The number of nitrogens with one attached hydrogen (secondary N) is 2. The first-order valence-corrected chi connectivity index (χ1v) is 7.49. The third-order valence-corrected chi connectivity index (χ3v) is 4.89. The second-order valence-electron chi connectivity index (χ2n) is 4.75. The standard InChI is InChI=1S/C12H17BrN2OS.ClH/c1-12(3-2-4-14-8-12)11(16)15-6-10-5-9(13)7-17-10;/h5,7,14H,2-4,6,8H2,1H3,(H,15,16);1H. The monoisotopic (exact) mass is 352 g/mol. The van der Waals surface area contributed by atoms with E-state index in [4.69, 9.17) is 0 Å². The van der Waals surface area contributed by atoms with Gasteiger partial charge in [-0.15, -0.1) is 23.7 Å². The van der Waals surface area contributed by atoms with Crippen LogP contribution >= 0.6 is 39.7 Å². The molecule has 18 heavy (non-hydrogen) atoms. The van der Waals surface area contributed by atoms with E-state index in [-0.39, 0.29) is 23.7 Å². The molecule has 2 rings (SSSR count). The molecule has 102 valence electrons. The van der Waals surface area contributed by atoms with E-state index in [1.54, 1.807) is 11.3 Å². The molecule has 0 aromatic carbocycles. The van der Waals surface area contributed by atoms with Gasteiger partial charge in [0.15, 0.2) is 0 Å². The van der Waals surface area contributed by atoms with Crippen LogP contribution in [0.5, 0.6) is 0 Å². The highest BCUT2D eigenvalue weighted by Crippen LogP contribution is 2.26. The van der Waals surface area contributed by atoms with Gasteiger partial charge in [-0.05, 0) is 48.3 Å². The molecule has 6 heteroatoms. The summed E-state index contributed by atoms with van der Waals surface area (Å²) in [5.41, 5.74) is -0.243. The molecular formula is C12H18BrClN2OS. The molecule has 0 saturated carbocycles. The van der Waals surface area contributed by atoms with Gasteiger partial charge in [0.2, 0.25) is 5.91 Å². The largest absolute Gasteiger partial charge is 0.351 e. The molecule has 0 spiro atoms. The number of rotatable bonds is 3. The van der Waals surface area contributed by atoms with Gasteiger partial charge in [0.05, 0.1) is 12.0 Å². The second-order valence-corrected chi connectivity index (χ2v) is 6.67. The summed E-state index contributed by atoms with van der Waals surface area (Å²) in [4.78, 5) is 13.3. The summed E-state index contributed by atoms with van der Waals surface area (Å²) in [6, 6.07) is 2.05. The van der Waals surface area contributed by atoms with Gasteiger partial charge < -0.3 is 10.6 Å². The highest BCUT2D eigenvalue weighted by atomic mass is 79.9. The van der Waals surface area contributed by atoms with Gasteiger partial charge in [-0.25, -0.2) is 0 Å². The summed E-state index contributed by atoms with van der Waals surface area (Å²) in [5, 5.41) is 8.36. The predicted octanol–water partition coefficient (Wildman–Crippen LogP) is 2.94. The Morgan fingerprint density at radius 3 is 3.00 bits per heavy atom. The minimum atomic E-state index is -0.243. The normalized spacial score (nSPS) is 23.2. The van der Waals surface area contributed by atoms with Crippen molar-refractivity contribution < 1.29 is 4.79 Å². The average Bonchev–Trinajstić information content (AvgIpc) is 2.73. The Morgan fingerprint density at radius 2 is 2.44 bits per heavy atom. The fourth-order valence-corrected chi connectivity index (χ4v) is 3.47. The lowest BCUT2D eigenvalue weighted by Gasteiger charge is -2.32. The molecule has 0 radical (unpaired) electrons. The van der Waals surface area contributed by atoms with Crippen molar-refractivity contribution in [2.24, 2.45) is 5.41 Å². The van der Waals surface area contributed by atoms with E-state index < -0.39 is 0 Å². The van der Waals surface area contributed by atoms with Crippen molar-refractivity contribution in [2.75, 3.05) is 13.1 Å². The molecule has 1 atom stereocenters. The summed E-state index contributed by atoms with van der Waals surface area (Å²) in [7, 11) is 0. The Bertz CT molecular complexity index is 405. The molecule has 1 fully saturated rings. The molecular weight excluding hydrogens is 336 g/mol. The summed E-state index contributed by atoms with van der Waals surface area (Å²) in [5.74, 6) is 0.161. The van der Waals surface area contributed by atoms with Gasteiger partial charge in [-0.3, -0.25) is 4.79 Å². The summed E-state index contributed by atoms with van der Waals surface area (Å²) in [6.07, 6.45) is 2.05. The van der Waals surface area contributed by atoms with Crippen LogP contribution in [0.15, 0.2) is 15.9 Å². The third-order valence-electron chi connectivity index (χ3n) is 3.19. The molecule has 2 N–H and O–H groups in total. The molecule has 1 amide bonds. The lowest BCUT2D eigenvalue weighted by atomic mass is 9.82. The first-order valence-electron chi connectivity index (χ1n) is 5.82. The quantitative estimate of drug-likeness (QED) is 0.877. The topological polar surface area (TPSA) is 41.1 Å². The maximum Gasteiger partial charge on any atom is 0.227 e. The summed E-state index contributed by atoms with van der Waals surface area (Å²) in [6.45, 7) is 4.48. The third kappa shape index (κ3) is 3.95. The zero-order valence-corrected chi connectivity index (χ0v) is 13.5. The Labute approximate surface area is 126 Å². The molecule has 1 saturated heterocycles. The number of thiophene rings is 1. The van der Waals surface area contributed by atoms with Crippen LogP contribution in [0.2, 0.25) is 0 Å². The van der Waals surface area contributed by atoms with Crippen LogP contribution in [0, 0.1) is 5.41 Å². The number of carbonyl (C=O) groups excluding carboxylic acids is 1. The van der Waals surface area contributed by atoms with Gasteiger partial charge in [0.25, 0.3) is 0 Å².